The summed E-state index contributed by atoms with van der Waals surface area (Å²) in [6.07, 6.45) is 6.35. The third-order valence-electron chi connectivity index (χ3n) is 5.65. The Labute approximate surface area is 158 Å². The predicted molar refractivity (Wildman–Crippen MR) is 109 cm³/mol. The highest BCUT2D eigenvalue weighted by Crippen LogP contribution is 2.30. The molecule has 0 atom stereocenters. The summed E-state index contributed by atoms with van der Waals surface area (Å²) in [7, 11) is 0. The lowest BCUT2D eigenvalue weighted by atomic mass is 9.95. The lowest BCUT2D eigenvalue weighted by Gasteiger charge is -2.21. The Morgan fingerprint density at radius 2 is 1.70 bits per heavy atom. The van der Waals surface area contributed by atoms with Gasteiger partial charge in [0.2, 0.25) is 0 Å². The summed E-state index contributed by atoms with van der Waals surface area (Å²) >= 11 is 0. The van der Waals surface area contributed by atoms with Crippen molar-refractivity contribution in [3.8, 4) is 0 Å². The van der Waals surface area contributed by atoms with E-state index >= 15 is 0 Å². The van der Waals surface area contributed by atoms with Crippen LogP contribution in [-0.2, 0) is 0 Å². The third kappa shape index (κ3) is 3.07. The van der Waals surface area contributed by atoms with E-state index < -0.39 is 0 Å². The number of hydrogen-bond acceptors (Lipinski definition) is 4. The normalized spacial score (nSPS) is 18.0. The van der Waals surface area contributed by atoms with E-state index in [2.05, 4.69) is 69.4 Å². The molecule has 2 aliphatic rings. The lowest BCUT2D eigenvalue weighted by molar-refractivity contribution is 0.331. The van der Waals surface area contributed by atoms with Crippen LogP contribution in [0, 0.1) is 6.92 Å². The SMILES string of the molecule is Cc1ccc(C2=NCC(c3ccc4c(c3)nnn4C3CCCCC3)=N2)cc1. The number of amidine groups is 1. The average molecular weight is 357 g/mol. The van der Waals surface area contributed by atoms with Crippen LogP contribution in [0.2, 0.25) is 0 Å². The minimum Gasteiger partial charge on any atom is -0.260 e. The van der Waals surface area contributed by atoms with Gasteiger partial charge in [0.15, 0.2) is 5.84 Å². The molecule has 0 spiro atoms. The second kappa shape index (κ2) is 6.72. The van der Waals surface area contributed by atoms with Gasteiger partial charge in [-0.2, -0.15) is 0 Å². The van der Waals surface area contributed by atoms with Crippen molar-refractivity contribution in [3.63, 3.8) is 0 Å². The molecule has 5 heteroatoms. The summed E-state index contributed by atoms with van der Waals surface area (Å²) in [6.45, 7) is 2.70. The van der Waals surface area contributed by atoms with Crippen LogP contribution in [0.1, 0.15) is 54.8 Å². The molecule has 5 nitrogen and oxygen atoms in total. The molecule has 0 N–H and O–H groups in total. The van der Waals surface area contributed by atoms with Gasteiger partial charge in [0.05, 0.1) is 23.8 Å². The molecule has 0 saturated heterocycles. The molecule has 1 saturated carbocycles. The number of aryl methyl sites for hydroxylation is 1. The molecule has 2 heterocycles. The van der Waals surface area contributed by atoms with E-state index in [4.69, 9.17) is 4.99 Å². The average Bonchev–Trinajstić information content (AvgIpc) is 3.36. The largest absolute Gasteiger partial charge is 0.260 e. The first kappa shape index (κ1) is 16.4. The first-order valence-corrected chi connectivity index (χ1v) is 9.82. The van der Waals surface area contributed by atoms with Crippen LogP contribution in [0.5, 0.6) is 0 Å². The van der Waals surface area contributed by atoms with Crippen LogP contribution >= 0.6 is 0 Å². The van der Waals surface area contributed by atoms with E-state index in [0.29, 0.717) is 12.6 Å². The van der Waals surface area contributed by atoms with E-state index in [0.717, 1.165) is 33.7 Å². The maximum absolute atomic E-state index is 4.77. The highest BCUT2D eigenvalue weighted by molar-refractivity contribution is 6.17. The van der Waals surface area contributed by atoms with E-state index in [-0.39, 0.29) is 0 Å². The molecular formula is C22H23N5. The Hall–Kier alpha value is -2.82. The van der Waals surface area contributed by atoms with Crippen molar-refractivity contribution < 1.29 is 0 Å². The van der Waals surface area contributed by atoms with Crippen LogP contribution < -0.4 is 0 Å². The van der Waals surface area contributed by atoms with Crippen LogP contribution in [0.15, 0.2) is 52.4 Å². The third-order valence-corrected chi connectivity index (χ3v) is 5.65. The molecular weight excluding hydrogens is 334 g/mol. The standard InChI is InChI=1S/C22H23N5/c1-15-7-9-16(10-8-15)22-23-14-20(24-22)17-11-12-21-19(13-17)25-26-27(21)18-5-3-2-4-6-18/h7-13,18H,2-6,14H2,1H3. The molecule has 5 rings (SSSR count). The van der Waals surface area contributed by atoms with E-state index in [9.17, 15) is 0 Å². The summed E-state index contributed by atoms with van der Waals surface area (Å²) in [6, 6.07) is 15.2. The van der Waals surface area contributed by atoms with E-state index in [1.165, 1.54) is 37.7 Å². The molecule has 0 amide bonds. The molecule has 27 heavy (non-hydrogen) atoms. The van der Waals surface area contributed by atoms with Crippen LogP contribution in [0.3, 0.4) is 0 Å². The van der Waals surface area contributed by atoms with Crippen molar-refractivity contribution in [1.82, 2.24) is 15.0 Å². The first-order valence-electron chi connectivity index (χ1n) is 9.82. The summed E-state index contributed by atoms with van der Waals surface area (Å²) in [5.41, 5.74) is 6.48. The van der Waals surface area contributed by atoms with Gasteiger partial charge >= 0.3 is 0 Å². The van der Waals surface area contributed by atoms with Gasteiger partial charge in [-0.15, -0.1) is 5.10 Å². The molecule has 0 radical (unpaired) electrons. The zero-order chi connectivity index (χ0) is 18.2. The Kier molecular flexibility index (Phi) is 4.07. The second-order valence-electron chi connectivity index (χ2n) is 7.59. The van der Waals surface area contributed by atoms with Gasteiger partial charge in [0.1, 0.15) is 5.52 Å². The zero-order valence-corrected chi connectivity index (χ0v) is 15.6. The van der Waals surface area contributed by atoms with Gasteiger partial charge in [-0.05, 0) is 31.9 Å². The molecule has 2 aromatic carbocycles. The molecule has 1 fully saturated rings. The number of aliphatic imine (C=N–C) groups is 2. The fraction of sp³-hybridized carbons (Fsp3) is 0.364. The van der Waals surface area contributed by atoms with Crippen molar-refractivity contribution in [2.75, 3.05) is 6.54 Å². The quantitative estimate of drug-likeness (QED) is 0.693. The summed E-state index contributed by atoms with van der Waals surface area (Å²) in [5.74, 6) is 0.816. The summed E-state index contributed by atoms with van der Waals surface area (Å²) < 4.78 is 2.13. The van der Waals surface area contributed by atoms with Crippen molar-refractivity contribution in [1.29, 1.82) is 0 Å². The number of benzene rings is 2. The molecule has 0 bridgehead atoms. The second-order valence-corrected chi connectivity index (χ2v) is 7.59. The molecule has 0 unspecified atom stereocenters. The summed E-state index contributed by atoms with van der Waals surface area (Å²) in [5, 5.41) is 8.89. The number of aromatic nitrogens is 3. The maximum atomic E-state index is 4.77. The fourth-order valence-corrected chi connectivity index (χ4v) is 4.08. The predicted octanol–water partition coefficient (Wildman–Crippen LogP) is 4.49. The molecule has 1 aromatic heterocycles. The van der Waals surface area contributed by atoms with Crippen molar-refractivity contribution in [3.05, 3.63) is 59.2 Å². The van der Waals surface area contributed by atoms with Gasteiger partial charge in [0, 0.05) is 11.1 Å². The minimum atomic E-state index is 0.495. The van der Waals surface area contributed by atoms with Gasteiger partial charge in [-0.1, -0.05) is 60.4 Å². The zero-order valence-electron chi connectivity index (χ0n) is 15.6. The van der Waals surface area contributed by atoms with Crippen molar-refractivity contribution >= 4 is 22.6 Å². The maximum Gasteiger partial charge on any atom is 0.155 e. The first-order chi connectivity index (χ1) is 13.3. The number of rotatable bonds is 3. The summed E-state index contributed by atoms with van der Waals surface area (Å²) in [4.78, 5) is 9.40. The van der Waals surface area contributed by atoms with Gasteiger partial charge in [-0.25, -0.2) is 9.67 Å². The van der Waals surface area contributed by atoms with Gasteiger partial charge in [-0.3, -0.25) is 4.99 Å². The van der Waals surface area contributed by atoms with Crippen molar-refractivity contribution in [2.24, 2.45) is 9.98 Å². The van der Waals surface area contributed by atoms with Crippen LogP contribution in [-0.4, -0.2) is 33.1 Å². The Balaban J connectivity index is 1.43. The lowest BCUT2D eigenvalue weighted by Crippen LogP contribution is -2.14. The van der Waals surface area contributed by atoms with Gasteiger partial charge < -0.3 is 0 Å². The number of nitrogens with zero attached hydrogens (tertiary/aromatic N) is 5. The van der Waals surface area contributed by atoms with Gasteiger partial charge in [0.25, 0.3) is 0 Å². The Morgan fingerprint density at radius 3 is 2.52 bits per heavy atom. The van der Waals surface area contributed by atoms with Crippen molar-refractivity contribution in [2.45, 2.75) is 45.1 Å². The molecule has 136 valence electrons. The monoisotopic (exact) mass is 357 g/mol. The minimum absolute atomic E-state index is 0.495. The highest BCUT2D eigenvalue weighted by Gasteiger charge is 2.20. The Bertz CT molecular complexity index is 1040. The Morgan fingerprint density at radius 1 is 0.926 bits per heavy atom. The highest BCUT2D eigenvalue weighted by atomic mass is 15.4. The number of hydrogen-bond donors (Lipinski definition) is 0. The fourth-order valence-electron chi connectivity index (χ4n) is 4.08. The molecule has 3 aromatic rings. The van der Waals surface area contributed by atoms with E-state index in [1.54, 1.807) is 0 Å². The smallest absolute Gasteiger partial charge is 0.155 e. The topological polar surface area (TPSA) is 55.4 Å². The van der Waals surface area contributed by atoms with Crippen LogP contribution in [0.25, 0.3) is 11.0 Å². The molecule has 1 aliphatic carbocycles. The van der Waals surface area contributed by atoms with E-state index in [1.807, 2.05) is 0 Å². The van der Waals surface area contributed by atoms with Crippen LogP contribution in [0.4, 0.5) is 0 Å². The number of fused-ring (bicyclic) bond motifs is 1. The molecule has 1 aliphatic heterocycles.